The number of rotatable bonds is 0. The van der Waals surface area contributed by atoms with E-state index in [1.165, 1.54) is 11.1 Å². The van der Waals surface area contributed by atoms with E-state index >= 15 is 0 Å². The van der Waals surface area contributed by atoms with Crippen LogP contribution in [0.5, 0.6) is 0 Å². The highest BCUT2D eigenvalue weighted by Crippen LogP contribution is 2.19. The van der Waals surface area contributed by atoms with Crippen molar-refractivity contribution in [3.8, 4) is 0 Å². The topological polar surface area (TPSA) is 53.6 Å². The number of pyridine rings is 1. The van der Waals surface area contributed by atoms with E-state index in [9.17, 15) is 0 Å². The molecule has 4 nitrogen and oxygen atoms in total. The summed E-state index contributed by atoms with van der Waals surface area (Å²) in [5.41, 5.74) is 3.88. The van der Waals surface area contributed by atoms with Crippen LogP contribution in [0.4, 0.5) is 0 Å². The zero-order chi connectivity index (χ0) is 9.54. The normalized spacial score (nSPS) is 15.7. The van der Waals surface area contributed by atoms with Gasteiger partial charge in [0, 0.05) is 18.1 Å². The third kappa shape index (κ3) is 0.989. The maximum Gasteiger partial charge on any atom is 0.180 e. The molecule has 1 aliphatic rings. The molecule has 3 heterocycles. The van der Waals surface area contributed by atoms with Crippen LogP contribution in [0.15, 0.2) is 6.20 Å². The molecular formula is C9H9BN4. The zero-order valence-electron chi connectivity index (χ0n) is 7.67. The summed E-state index contributed by atoms with van der Waals surface area (Å²) < 4.78 is 0. The highest BCUT2D eigenvalue weighted by Gasteiger charge is 2.15. The Morgan fingerprint density at radius 1 is 1.43 bits per heavy atom. The first kappa shape index (κ1) is 7.99. The number of aromatic nitrogens is 3. The van der Waals surface area contributed by atoms with Gasteiger partial charge in [0.2, 0.25) is 0 Å². The molecule has 1 aliphatic heterocycles. The molecule has 0 spiro atoms. The second-order valence-corrected chi connectivity index (χ2v) is 3.52. The van der Waals surface area contributed by atoms with Gasteiger partial charge < -0.3 is 5.32 Å². The minimum atomic E-state index is 0.631. The van der Waals surface area contributed by atoms with E-state index in [4.69, 9.17) is 7.85 Å². The SMILES string of the molecule is [B]c1[nH]nc2ncc3c(c12)CCNC3. The molecule has 68 valence electrons. The fourth-order valence-electron chi connectivity index (χ4n) is 1.99. The lowest BCUT2D eigenvalue weighted by molar-refractivity contribution is 0.645. The van der Waals surface area contributed by atoms with Crippen molar-refractivity contribution in [2.24, 2.45) is 0 Å². The van der Waals surface area contributed by atoms with Gasteiger partial charge in [-0.05, 0) is 29.7 Å². The molecule has 0 aromatic carbocycles. The fraction of sp³-hybridized carbons (Fsp3) is 0.333. The maximum absolute atomic E-state index is 5.82. The molecule has 0 bridgehead atoms. The van der Waals surface area contributed by atoms with Crippen LogP contribution in [-0.4, -0.2) is 29.6 Å². The van der Waals surface area contributed by atoms with Crippen LogP contribution in [0.25, 0.3) is 11.0 Å². The number of nitrogens with zero attached hydrogens (tertiary/aromatic N) is 2. The lowest BCUT2D eigenvalue weighted by atomic mass is 9.93. The average Bonchev–Trinajstić information content (AvgIpc) is 2.61. The smallest absolute Gasteiger partial charge is 0.180 e. The van der Waals surface area contributed by atoms with Crippen molar-refractivity contribution in [3.63, 3.8) is 0 Å². The van der Waals surface area contributed by atoms with Crippen molar-refractivity contribution in [2.45, 2.75) is 13.0 Å². The van der Waals surface area contributed by atoms with E-state index in [1.807, 2.05) is 6.20 Å². The summed E-state index contributed by atoms with van der Waals surface area (Å²) in [5, 5.41) is 11.1. The number of H-pyrrole nitrogens is 1. The molecule has 0 amide bonds. The molecule has 2 radical (unpaired) electrons. The van der Waals surface area contributed by atoms with Crippen LogP contribution < -0.4 is 10.9 Å². The summed E-state index contributed by atoms with van der Waals surface area (Å²) in [6, 6.07) is 0. The first-order valence-electron chi connectivity index (χ1n) is 4.67. The van der Waals surface area contributed by atoms with Gasteiger partial charge in [-0.3, -0.25) is 5.10 Å². The second-order valence-electron chi connectivity index (χ2n) is 3.52. The highest BCUT2D eigenvalue weighted by molar-refractivity contribution is 6.37. The van der Waals surface area contributed by atoms with E-state index in [1.54, 1.807) is 0 Å². The quantitative estimate of drug-likeness (QED) is 0.537. The molecule has 14 heavy (non-hydrogen) atoms. The predicted molar refractivity (Wildman–Crippen MR) is 54.7 cm³/mol. The van der Waals surface area contributed by atoms with Crippen LogP contribution in [0.2, 0.25) is 0 Å². The Kier molecular flexibility index (Phi) is 1.61. The van der Waals surface area contributed by atoms with Gasteiger partial charge in [0.1, 0.15) is 7.85 Å². The van der Waals surface area contributed by atoms with Crippen molar-refractivity contribution in [3.05, 3.63) is 17.3 Å². The van der Waals surface area contributed by atoms with Crippen molar-refractivity contribution in [1.82, 2.24) is 20.5 Å². The first-order valence-corrected chi connectivity index (χ1v) is 4.67. The van der Waals surface area contributed by atoms with Gasteiger partial charge in [-0.1, -0.05) is 0 Å². The number of nitrogens with one attached hydrogen (secondary N) is 2. The molecule has 2 aromatic rings. The van der Waals surface area contributed by atoms with Crippen molar-refractivity contribution < 1.29 is 0 Å². The fourth-order valence-corrected chi connectivity index (χ4v) is 1.99. The Morgan fingerprint density at radius 3 is 3.29 bits per heavy atom. The van der Waals surface area contributed by atoms with Gasteiger partial charge in [-0.25, -0.2) is 4.98 Å². The first-order chi connectivity index (χ1) is 6.86. The van der Waals surface area contributed by atoms with Crippen LogP contribution >= 0.6 is 0 Å². The summed E-state index contributed by atoms with van der Waals surface area (Å²) in [7, 11) is 5.82. The molecule has 0 atom stereocenters. The monoisotopic (exact) mass is 184 g/mol. The van der Waals surface area contributed by atoms with E-state index in [0.29, 0.717) is 5.59 Å². The molecule has 0 saturated heterocycles. The van der Waals surface area contributed by atoms with Crippen molar-refractivity contribution in [2.75, 3.05) is 6.54 Å². The van der Waals surface area contributed by atoms with Crippen LogP contribution in [0.3, 0.4) is 0 Å². The minimum Gasteiger partial charge on any atom is -0.312 e. The summed E-state index contributed by atoms with van der Waals surface area (Å²) in [5.74, 6) is 0. The van der Waals surface area contributed by atoms with Crippen LogP contribution in [0, 0.1) is 0 Å². The largest absolute Gasteiger partial charge is 0.312 e. The summed E-state index contributed by atoms with van der Waals surface area (Å²) in [6.45, 7) is 1.87. The molecule has 5 heteroatoms. The van der Waals surface area contributed by atoms with Crippen molar-refractivity contribution >= 4 is 24.5 Å². The van der Waals surface area contributed by atoms with E-state index < -0.39 is 0 Å². The third-order valence-corrected chi connectivity index (χ3v) is 2.67. The Hall–Kier alpha value is -1.36. The van der Waals surface area contributed by atoms with Crippen molar-refractivity contribution in [1.29, 1.82) is 0 Å². The van der Waals surface area contributed by atoms with Gasteiger partial charge in [-0.2, -0.15) is 5.10 Å². The predicted octanol–water partition coefficient (Wildman–Crippen LogP) is -0.603. The van der Waals surface area contributed by atoms with Gasteiger partial charge in [0.25, 0.3) is 0 Å². The molecule has 2 aromatic heterocycles. The number of fused-ring (bicyclic) bond motifs is 3. The Morgan fingerprint density at radius 2 is 2.36 bits per heavy atom. The maximum atomic E-state index is 5.82. The molecular weight excluding hydrogens is 175 g/mol. The Bertz CT molecular complexity index is 491. The lowest BCUT2D eigenvalue weighted by Gasteiger charge is -2.17. The number of hydrogen-bond donors (Lipinski definition) is 2. The molecule has 2 N–H and O–H groups in total. The van der Waals surface area contributed by atoms with E-state index in [-0.39, 0.29) is 0 Å². The van der Waals surface area contributed by atoms with Gasteiger partial charge in [0.05, 0.1) is 0 Å². The Balaban J connectivity index is 2.38. The summed E-state index contributed by atoms with van der Waals surface area (Å²) in [6.07, 6.45) is 2.88. The zero-order valence-corrected chi connectivity index (χ0v) is 7.67. The minimum absolute atomic E-state index is 0.631. The summed E-state index contributed by atoms with van der Waals surface area (Å²) in [4.78, 5) is 4.25. The number of aromatic amines is 1. The van der Waals surface area contributed by atoms with Crippen LogP contribution in [-0.2, 0) is 13.0 Å². The van der Waals surface area contributed by atoms with Gasteiger partial charge in [-0.15, -0.1) is 0 Å². The summed E-state index contributed by atoms with van der Waals surface area (Å²) >= 11 is 0. The average molecular weight is 184 g/mol. The van der Waals surface area contributed by atoms with Gasteiger partial charge >= 0.3 is 0 Å². The van der Waals surface area contributed by atoms with Gasteiger partial charge in [0.15, 0.2) is 5.65 Å². The lowest BCUT2D eigenvalue weighted by Crippen LogP contribution is -2.25. The van der Waals surface area contributed by atoms with E-state index in [2.05, 4.69) is 20.5 Å². The Labute approximate surface area is 82.5 Å². The molecule has 0 saturated carbocycles. The molecule has 3 rings (SSSR count). The van der Waals surface area contributed by atoms with Crippen LogP contribution in [0.1, 0.15) is 11.1 Å². The molecule has 0 unspecified atom stereocenters. The third-order valence-electron chi connectivity index (χ3n) is 2.67. The molecule has 0 fully saturated rings. The molecule has 0 aliphatic carbocycles. The van der Waals surface area contributed by atoms with E-state index in [0.717, 1.165) is 30.5 Å². The standard InChI is InChI=1S/C9H9BN4/c10-8-7-6-1-2-11-3-5(6)4-12-9(7)14-13-8/h4,11H,1-3H2,(H,12,13,14). The highest BCUT2D eigenvalue weighted by atomic mass is 15.1. The second kappa shape index (κ2) is 2.82. The number of hydrogen-bond acceptors (Lipinski definition) is 3.